The molecule has 96 valence electrons. The largest absolute Gasteiger partial charge is 0.215 e. The van der Waals surface area contributed by atoms with Crippen molar-refractivity contribution in [1.29, 1.82) is 0 Å². The van der Waals surface area contributed by atoms with E-state index in [9.17, 15) is 8.42 Å². The smallest absolute Gasteiger partial charge is 0.215 e. The lowest BCUT2D eigenvalue weighted by Gasteiger charge is -2.08. The van der Waals surface area contributed by atoms with Gasteiger partial charge < -0.3 is 0 Å². The number of hydrogen-bond acceptors (Lipinski definition) is 2. The van der Waals surface area contributed by atoms with Gasteiger partial charge in [0.15, 0.2) is 0 Å². The number of sulfonamides is 1. The van der Waals surface area contributed by atoms with E-state index in [1.165, 1.54) is 0 Å². The van der Waals surface area contributed by atoms with Crippen molar-refractivity contribution in [2.45, 2.75) is 26.0 Å². The molecule has 0 atom stereocenters. The number of nitrogens with one attached hydrogen (secondary N) is 1. The van der Waals surface area contributed by atoms with Gasteiger partial charge in [0.05, 0.1) is 5.75 Å². The minimum Gasteiger partial charge on any atom is -0.215 e. The van der Waals surface area contributed by atoms with Gasteiger partial charge in [-0.1, -0.05) is 37.6 Å². The fourth-order valence-electron chi connectivity index (χ4n) is 1.35. The second kappa shape index (κ2) is 6.38. The highest BCUT2D eigenvalue weighted by Gasteiger charge is 2.10. The molecule has 0 spiro atoms. The summed E-state index contributed by atoms with van der Waals surface area (Å²) < 4.78 is 26.0. The van der Waals surface area contributed by atoms with Crippen LogP contribution in [0.5, 0.6) is 0 Å². The lowest BCUT2D eigenvalue weighted by atomic mass is 10.1. The van der Waals surface area contributed by atoms with Gasteiger partial charge in [0.25, 0.3) is 0 Å². The molecule has 0 unspecified atom stereocenters. The molecule has 0 heterocycles. The summed E-state index contributed by atoms with van der Waals surface area (Å²) in [6.07, 6.45) is 0.847. The maximum Gasteiger partial charge on any atom is 0.215 e. The molecule has 0 aliphatic rings. The average Bonchev–Trinajstić information content (AvgIpc) is 2.20. The first kappa shape index (κ1) is 14.5. The van der Waals surface area contributed by atoms with Crippen LogP contribution in [0, 0.1) is 5.92 Å². The minimum atomic E-state index is -3.24. The summed E-state index contributed by atoms with van der Waals surface area (Å²) in [6.45, 7) is 4.62. The van der Waals surface area contributed by atoms with Gasteiger partial charge in [-0.3, -0.25) is 0 Å². The third kappa shape index (κ3) is 6.05. The second-order valence-electron chi connectivity index (χ2n) is 4.46. The molecule has 0 aromatic heterocycles. The first-order valence-corrected chi connectivity index (χ1v) is 7.64. The quantitative estimate of drug-likeness (QED) is 0.868. The Kier molecular flexibility index (Phi) is 5.43. The van der Waals surface area contributed by atoms with Crippen LogP contribution in [0.3, 0.4) is 0 Å². The molecule has 0 aliphatic heterocycles. The van der Waals surface area contributed by atoms with E-state index < -0.39 is 10.0 Å². The summed E-state index contributed by atoms with van der Waals surface area (Å²) in [6, 6.07) is 6.84. The van der Waals surface area contributed by atoms with E-state index in [1.54, 1.807) is 24.3 Å². The van der Waals surface area contributed by atoms with Gasteiger partial charge in [-0.15, -0.1) is 0 Å². The molecule has 0 aliphatic carbocycles. The molecule has 0 saturated heterocycles. The van der Waals surface area contributed by atoms with Crippen LogP contribution in [0.2, 0.25) is 5.02 Å². The molecular weight excluding hydrogens is 258 g/mol. The van der Waals surface area contributed by atoms with Crippen molar-refractivity contribution in [3.63, 3.8) is 0 Å². The Bertz CT molecular complexity index is 440. The Morgan fingerprint density at radius 2 is 1.82 bits per heavy atom. The van der Waals surface area contributed by atoms with Gasteiger partial charge in [-0.25, -0.2) is 13.1 Å². The highest BCUT2D eigenvalue weighted by molar-refractivity contribution is 7.88. The molecule has 0 amide bonds. The predicted octanol–water partition coefficient (Wildman–Crippen LogP) is 2.81. The van der Waals surface area contributed by atoms with E-state index >= 15 is 0 Å². The molecule has 3 nitrogen and oxygen atoms in total. The summed E-state index contributed by atoms with van der Waals surface area (Å²) in [4.78, 5) is 0. The zero-order valence-electron chi connectivity index (χ0n) is 10.1. The SMILES string of the molecule is CC(C)CCNS(=O)(=O)Cc1ccc(Cl)cc1. The maximum atomic E-state index is 11.7. The maximum absolute atomic E-state index is 11.7. The first-order chi connectivity index (χ1) is 7.89. The Balaban J connectivity index is 2.52. The molecule has 1 N–H and O–H groups in total. The zero-order valence-corrected chi connectivity index (χ0v) is 11.7. The summed E-state index contributed by atoms with van der Waals surface area (Å²) in [7, 11) is -3.24. The normalized spacial score (nSPS) is 12.0. The van der Waals surface area contributed by atoms with Crippen molar-refractivity contribution in [2.75, 3.05) is 6.54 Å². The molecule has 1 rings (SSSR count). The van der Waals surface area contributed by atoms with Crippen molar-refractivity contribution in [2.24, 2.45) is 5.92 Å². The van der Waals surface area contributed by atoms with Crippen LogP contribution in [-0.2, 0) is 15.8 Å². The van der Waals surface area contributed by atoms with Crippen molar-refractivity contribution < 1.29 is 8.42 Å². The Hall–Kier alpha value is -0.580. The standard InChI is InChI=1S/C12H18ClNO2S/c1-10(2)7-8-14-17(15,16)9-11-3-5-12(13)6-4-11/h3-6,10,14H,7-9H2,1-2H3. The Morgan fingerprint density at radius 1 is 1.24 bits per heavy atom. The van der Waals surface area contributed by atoms with E-state index in [0.717, 1.165) is 12.0 Å². The van der Waals surface area contributed by atoms with Gasteiger partial charge >= 0.3 is 0 Å². The summed E-state index contributed by atoms with van der Waals surface area (Å²) >= 11 is 5.74. The van der Waals surface area contributed by atoms with Crippen LogP contribution in [0.15, 0.2) is 24.3 Å². The Labute approximate surface area is 108 Å². The van der Waals surface area contributed by atoms with Crippen LogP contribution < -0.4 is 4.72 Å². The fourth-order valence-corrected chi connectivity index (χ4v) is 2.64. The van der Waals surface area contributed by atoms with Crippen molar-refractivity contribution in [3.05, 3.63) is 34.9 Å². The molecule has 0 bridgehead atoms. The highest BCUT2D eigenvalue weighted by Crippen LogP contribution is 2.11. The average molecular weight is 276 g/mol. The van der Waals surface area contributed by atoms with Crippen LogP contribution in [0.4, 0.5) is 0 Å². The summed E-state index contributed by atoms with van der Waals surface area (Å²) in [5, 5.41) is 0.610. The predicted molar refractivity (Wildman–Crippen MR) is 71.5 cm³/mol. The molecule has 5 heteroatoms. The lowest BCUT2D eigenvalue weighted by Crippen LogP contribution is -2.26. The molecule has 17 heavy (non-hydrogen) atoms. The molecule has 1 aromatic rings. The van der Waals surface area contributed by atoms with Crippen molar-refractivity contribution in [3.8, 4) is 0 Å². The van der Waals surface area contributed by atoms with E-state index in [-0.39, 0.29) is 5.75 Å². The number of rotatable bonds is 6. The Morgan fingerprint density at radius 3 is 2.35 bits per heavy atom. The first-order valence-electron chi connectivity index (χ1n) is 5.61. The monoisotopic (exact) mass is 275 g/mol. The van der Waals surface area contributed by atoms with Crippen LogP contribution in [0.1, 0.15) is 25.8 Å². The fraction of sp³-hybridized carbons (Fsp3) is 0.500. The van der Waals surface area contributed by atoms with Crippen molar-refractivity contribution >= 4 is 21.6 Å². The minimum absolute atomic E-state index is 0.00225. The third-order valence-electron chi connectivity index (χ3n) is 2.31. The molecule has 0 fully saturated rings. The van der Waals surface area contributed by atoms with Crippen LogP contribution in [0.25, 0.3) is 0 Å². The van der Waals surface area contributed by atoms with E-state index in [2.05, 4.69) is 18.6 Å². The van der Waals surface area contributed by atoms with Gasteiger partial charge in [0, 0.05) is 11.6 Å². The summed E-state index contributed by atoms with van der Waals surface area (Å²) in [5.74, 6) is 0.496. The second-order valence-corrected chi connectivity index (χ2v) is 6.71. The van der Waals surface area contributed by atoms with E-state index in [0.29, 0.717) is 17.5 Å². The van der Waals surface area contributed by atoms with E-state index in [1.807, 2.05) is 0 Å². The zero-order chi connectivity index (χ0) is 12.9. The van der Waals surface area contributed by atoms with Gasteiger partial charge in [0.2, 0.25) is 10.0 Å². The highest BCUT2D eigenvalue weighted by atomic mass is 35.5. The number of benzene rings is 1. The van der Waals surface area contributed by atoms with Gasteiger partial charge in [0.1, 0.15) is 0 Å². The third-order valence-corrected chi connectivity index (χ3v) is 3.92. The van der Waals surface area contributed by atoms with E-state index in [4.69, 9.17) is 11.6 Å². The van der Waals surface area contributed by atoms with Gasteiger partial charge in [-0.2, -0.15) is 0 Å². The van der Waals surface area contributed by atoms with Gasteiger partial charge in [-0.05, 0) is 30.0 Å². The topological polar surface area (TPSA) is 46.2 Å². The summed E-state index contributed by atoms with van der Waals surface area (Å²) in [5.41, 5.74) is 0.742. The molecular formula is C12H18ClNO2S. The lowest BCUT2D eigenvalue weighted by molar-refractivity contribution is 0.551. The molecule has 1 aromatic carbocycles. The van der Waals surface area contributed by atoms with Crippen LogP contribution >= 0.6 is 11.6 Å². The van der Waals surface area contributed by atoms with Crippen molar-refractivity contribution in [1.82, 2.24) is 4.72 Å². The number of hydrogen-bond donors (Lipinski definition) is 1. The molecule has 0 radical (unpaired) electrons. The van der Waals surface area contributed by atoms with Crippen LogP contribution in [-0.4, -0.2) is 15.0 Å². The molecule has 0 saturated carbocycles. The number of halogens is 1.